The molecule has 3 aromatic rings. The molecule has 0 saturated carbocycles. The number of carbonyl (C=O) groups is 2. The summed E-state index contributed by atoms with van der Waals surface area (Å²) in [5.41, 5.74) is 1.86. The number of aliphatic hydroxyl groups is 1. The molecule has 31 heavy (non-hydrogen) atoms. The number of benzene rings is 2. The van der Waals surface area contributed by atoms with Crippen molar-refractivity contribution in [2.75, 3.05) is 13.6 Å². The second-order valence-electron chi connectivity index (χ2n) is 7.99. The van der Waals surface area contributed by atoms with Crippen molar-refractivity contribution >= 4 is 34.1 Å². The van der Waals surface area contributed by atoms with Crippen LogP contribution in [-0.4, -0.2) is 63.1 Å². The molecule has 3 heterocycles. The summed E-state index contributed by atoms with van der Waals surface area (Å²) in [6.07, 6.45) is 0.455. The van der Waals surface area contributed by atoms with Crippen LogP contribution in [0, 0.1) is 0 Å². The summed E-state index contributed by atoms with van der Waals surface area (Å²) in [6.45, 7) is 0.652. The number of rotatable bonds is 2. The van der Waals surface area contributed by atoms with Gasteiger partial charge in [-0.25, -0.2) is 14.4 Å². The molecule has 1 saturated heterocycles. The van der Waals surface area contributed by atoms with Gasteiger partial charge in [0.05, 0.1) is 16.8 Å². The first-order valence-electron chi connectivity index (χ1n) is 10.2. The average Bonchev–Trinajstić information content (AvgIpc) is 3.24. The minimum atomic E-state index is -0.631. The number of aliphatic imine (C=N–C) groups is 1. The van der Waals surface area contributed by atoms with Gasteiger partial charge in [-0.2, -0.15) is 0 Å². The fourth-order valence-corrected chi connectivity index (χ4v) is 4.33. The monoisotopic (exact) mass is 418 g/mol. The van der Waals surface area contributed by atoms with Crippen molar-refractivity contribution in [3.05, 3.63) is 59.7 Å². The van der Waals surface area contributed by atoms with Crippen molar-refractivity contribution in [3.8, 4) is 5.88 Å². The molecule has 0 spiro atoms. The predicted molar refractivity (Wildman–Crippen MR) is 116 cm³/mol. The minimum Gasteiger partial charge on any atom is -0.494 e. The standard InChI is InChI=1S/C23H22N4O4/c1-26-11-10-13(12-18(26)28)24-23(31)27-17-9-5-3-7-15(17)19(22(27)30)20-21(29)14-6-2-4-8-16(14)25-20/h2-9,13,18,28,30H,10-12H2,1H3,(H,24,31). The Labute approximate surface area is 178 Å². The molecule has 1 fully saturated rings. The van der Waals surface area contributed by atoms with E-state index in [2.05, 4.69) is 10.3 Å². The van der Waals surface area contributed by atoms with E-state index in [1.807, 2.05) is 11.9 Å². The Balaban J connectivity index is 1.55. The van der Waals surface area contributed by atoms with Crippen LogP contribution in [0.3, 0.4) is 0 Å². The number of nitrogens with zero attached hydrogens (tertiary/aromatic N) is 3. The predicted octanol–water partition coefficient (Wildman–Crippen LogP) is 2.63. The largest absolute Gasteiger partial charge is 0.494 e. The summed E-state index contributed by atoms with van der Waals surface area (Å²) < 4.78 is 1.17. The maximum Gasteiger partial charge on any atom is 0.329 e. The Morgan fingerprint density at radius 3 is 2.68 bits per heavy atom. The Bertz CT molecular complexity index is 1250. The number of fused-ring (bicyclic) bond motifs is 2. The molecule has 1 amide bonds. The van der Waals surface area contributed by atoms with E-state index < -0.39 is 12.3 Å². The van der Waals surface area contributed by atoms with Gasteiger partial charge in [0, 0.05) is 30.0 Å². The van der Waals surface area contributed by atoms with Gasteiger partial charge in [-0.05, 0) is 31.7 Å². The van der Waals surface area contributed by atoms with Gasteiger partial charge in [0.25, 0.3) is 0 Å². The van der Waals surface area contributed by atoms with Crippen LogP contribution < -0.4 is 5.32 Å². The van der Waals surface area contributed by atoms with Crippen LogP contribution in [0.2, 0.25) is 0 Å². The van der Waals surface area contributed by atoms with Gasteiger partial charge in [-0.1, -0.05) is 30.3 Å². The second kappa shape index (κ2) is 7.33. The van der Waals surface area contributed by atoms with Crippen LogP contribution in [-0.2, 0) is 0 Å². The molecule has 2 aliphatic rings. The van der Waals surface area contributed by atoms with E-state index in [4.69, 9.17) is 0 Å². The zero-order valence-electron chi connectivity index (χ0n) is 16.9. The molecule has 0 bridgehead atoms. The maximum atomic E-state index is 13.1. The Morgan fingerprint density at radius 2 is 1.90 bits per heavy atom. The van der Waals surface area contributed by atoms with Crippen LogP contribution in [0.4, 0.5) is 10.5 Å². The number of piperidine rings is 1. The molecule has 2 atom stereocenters. The lowest BCUT2D eigenvalue weighted by Crippen LogP contribution is -2.49. The van der Waals surface area contributed by atoms with Crippen molar-refractivity contribution in [1.29, 1.82) is 0 Å². The molecule has 0 radical (unpaired) electrons. The van der Waals surface area contributed by atoms with Gasteiger partial charge in [0.2, 0.25) is 11.7 Å². The molecule has 5 rings (SSSR count). The Hall–Kier alpha value is -3.49. The van der Waals surface area contributed by atoms with Crippen molar-refractivity contribution in [2.24, 2.45) is 4.99 Å². The van der Waals surface area contributed by atoms with E-state index in [1.54, 1.807) is 48.5 Å². The summed E-state index contributed by atoms with van der Waals surface area (Å²) in [4.78, 5) is 32.4. The van der Waals surface area contributed by atoms with Gasteiger partial charge in [0.15, 0.2) is 0 Å². The maximum absolute atomic E-state index is 13.1. The number of carbonyl (C=O) groups excluding carboxylic acids is 2. The number of hydrogen-bond acceptors (Lipinski definition) is 6. The lowest BCUT2D eigenvalue weighted by Gasteiger charge is -2.34. The highest BCUT2D eigenvalue weighted by Crippen LogP contribution is 2.37. The highest BCUT2D eigenvalue weighted by atomic mass is 16.3. The van der Waals surface area contributed by atoms with Gasteiger partial charge in [-0.15, -0.1) is 0 Å². The molecule has 1 aromatic heterocycles. The van der Waals surface area contributed by atoms with Crippen molar-refractivity contribution in [2.45, 2.75) is 25.1 Å². The molecule has 0 aliphatic carbocycles. The summed E-state index contributed by atoms with van der Waals surface area (Å²) in [5.74, 6) is -0.611. The molecular weight excluding hydrogens is 396 g/mol. The number of Topliss-reactive ketones (excluding diaryl/α,β-unsaturated/α-hetero) is 1. The van der Waals surface area contributed by atoms with E-state index in [-0.39, 0.29) is 29.0 Å². The number of aromatic hydroxyl groups is 1. The number of amides is 1. The quantitative estimate of drug-likeness (QED) is 0.593. The first-order chi connectivity index (χ1) is 15.0. The van der Waals surface area contributed by atoms with E-state index in [0.29, 0.717) is 41.5 Å². The van der Waals surface area contributed by atoms with Gasteiger partial charge in [-0.3, -0.25) is 9.69 Å². The smallest absolute Gasteiger partial charge is 0.329 e. The number of aromatic nitrogens is 1. The fraction of sp³-hybridized carbons (Fsp3) is 0.261. The third-order valence-electron chi connectivity index (χ3n) is 6.05. The topological polar surface area (TPSA) is 107 Å². The molecule has 8 nitrogen and oxygen atoms in total. The van der Waals surface area contributed by atoms with Crippen molar-refractivity contribution in [1.82, 2.24) is 14.8 Å². The van der Waals surface area contributed by atoms with Crippen LogP contribution in [0.15, 0.2) is 53.5 Å². The highest BCUT2D eigenvalue weighted by Gasteiger charge is 2.33. The van der Waals surface area contributed by atoms with E-state index in [1.165, 1.54) is 4.57 Å². The lowest BCUT2D eigenvalue weighted by molar-refractivity contribution is -0.0156. The summed E-state index contributed by atoms with van der Waals surface area (Å²) in [5, 5.41) is 24.6. The zero-order valence-corrected chi connectivity index (χ0v) is 16.9. The van der Waals surface area contributed by atoms with Crippen LogP contribution in [0.1, 0.15) is 28.8 Å². The summed E-state index contributed by atoms with van der Waals surface area (Å²) in [7, 11) is 1.83. The Kier molecular flexibility index (Phi) is 4.60. The third-order valence-corrected chi connectivity index (χ3v) is 6.05. The van der Waals surface area contributed by atoms with Crippen LogP contribution in [0.5, 0.6) is 5.88 Å². The molecular formula is C23H22N4O4. The van der Waals surface area contributed by atoms with Gasteiger partial charge >= 0.3 is 6.03 Å². The van der Waals surface area contributed by atoms with E-state index >= 15 is 0 Å². The van der Waals surface area contributed by atoms with Gasteiger partial charge < -0.3 is 15.5 Å². The molecule has 8 heteroatoms. The summed E-state index contributed by atoms with van der Waals surface area (Å²) in [6, 6.07) is 13.3. The zero-order chi connectivity index (χ0) is 21.7. The molecule has 158 valence electrons. The average molecular weight is 418 g/mol. The number of hydrogen-bond donors (Lipinski definition) is 3. The number of para-hydroxylation sites is 2. The molecule has 3 N–H and O–H groups in total. The van der Waals surface area contributed by atoms with Crippen molar-refractivity contribution in [3.63, 3.8) is 0 Å². The molecule has 2 unspecified atom stereocenters. The molecule has 2 aliphatic heterocycles. The fourth-order valence-electron chi connectivity index (χ4n) is 4.33. The van der Waals surface area contributed by atoms with Gasteiger partial charge in [0.1, 0.15) is 11.9 Å². The van der Waals surface area contributed by atoms with E-state index in [0.717, 1.165) is 0 Å². The SMILES string of the molecule is CN1CCC(NC(=O)n2c(O)c(C3=Nc4ccccc4C3=O)c3ccccc32)CC1O. The lowest BCUT2D eigenvalue weighted by atomic mass is 10.0. The summed E-state index contributed by atoms with van der Waals surface area (Å²) >= 11 is 0. The first-order valence-corrected chi connectivity index (χ1v) is 10.2. The van der Waals surface area contributed by atoms with E-state index in [9.17, 15) is 19.8 Å². The first kappa shape index (κ1) is 19.5. The number of ketones is 1. The number of likely N-dealkylation sites (tertiary alicyclic amines) is 1. The third kappa shape index (κ3) is 3.11. The number of aliphatic hydroxyl groups excluding tert-OH is 1. The van der Waals surface area contributed by atoms with Crippen LogP contribution in [0.25, 0.3) is 10.9 Å². The normalized spacial score (nSPS) is 21.2. The Morgan fingerprint density at radius 1 is 1.16 bits per heavy atom. The number of nitrogens with one attached hydrogen (secondary N) is 1. The van der Waals surface area contributed by atoms with Crippen LogP contribution >= 0.6 is 0 Å². The minimum absolute atomic E-state index is 0.121. The second-order valence-corrected chi connectivity index (χ2v) is 7.99. The van der Waals surface area contributed by atoms with Crippen molar-refractivity contribution < 1.29 is 19.8 Å². The molecule has 2 aromatic carbocycles. The highest BCUT2D eigenvalue weighted by molar-refractivity contribution is 6.56.